The maximum atomic E-state index is 11.7. The Bertz CT molecular complexity index is 602. The van der Waals surface area contributed by atoms with Crippen molar-refractivity contribution in [3.05, 3.63) is 64.7 Å². The molecule has 0 spiro atoms. The van der Waals surface area contributed by atoms with E-state index in [2.05, 4.69) is 10.6 Å². The molecule has 0 aliphatic carbocycles. The summed E-state index contributed by atoms with van der Waals surface area (Å²) in [5.74, 6) is 0.0666. The number of carbonyl (C=O) groups excluding carboxylic acids is 1. The van der Waals surface area contributed by atoms with Crippen molar-refractivity contribution in [2.24, 2.45) is 0 Å². The zero-order valence-corrected chi connectivity index (χ0v) is 12.2. The summed E-state index contributed by atoms with van der Waals surface area (Å²) in [5, 5.41) is 16.0. The Morgan fingerprint density at radius 3 is 2.62 bits per heavy atom. The summed E-state index contributed by atoms with van der Waals surface area (Å²) in [5.41, 5.74) is 1.72. The molecule has 0 atom stereocenters. The Kier molecular flexibility index (Phi) is 5.60. The molecule has 0 aromatic heterocycles. The van der Waals surface area contributed by atoms with Gasteiger partial charge in [0.2, 0.25) is 5.91 Å². The van der Waals surface area contributed by atoms with Gasteiger partial charge in [0.25, 0.3) is 0 Å². The maximum Gasteiger partial charge on any atom is 0.234 e. The number of amides is 1. The summed E-state index contributed by atoms with van der Waals surface area (Å²) in [4.78, 5) is 11.7. The molecule has 1 amide bonds. The fourth-order valence-corrected chi connectivity index (χ4v) is 2.06. The standard InChI is InChI=1S/C16H17ClN2O2/c17-14-6-7-15(20)13(8-14)10-18-11-16(21)19-9-12-4-2-1-3-5-12/h1-8,18,20H,9-11H2,(H,19,21). The second-order valence-electron chi connectivity index (χ2n) is 4.64. The molecular weight excluding hydrogens is 288 g/mol. The lowest BCUT2D eigenvalue weighted by molar-refractivity contribution is -0.120. The molecule has 2 rings (SSSR count). The normalized spacial score (nSPS) is 10.3. The zero-order valence-electron chi connectivity index (χ0n) is 11.5. The van der Waals surface area contributed by atoms with Gasteiger partial charge in [-0.25, -0.2) is 0 Å². The number of benzene rings is 2. The van der Waals surface area contributed by atoms with Crippen LogP contribution in [0.2, 0.25) is 5.02 Å². The molecule has 0 aliphatic heterocycles. The molecular formula is C16H17ClN2O2. The highest BCUT2D eigenvalue weighted by Crippen LogP contribution is 2.20. The fourth-order valence-electron chi connectivity index (χ4n) is 1.87. The van der Waals surface area contributed by atoms with Gasteiger partial charge in [0, 0.05) is 23.7 Å². The highest BCUT2D eigenvalue weighted by molar-refractivity contribution is 6.30. The minimum atomic E-state index is -0.0969. The van der Waals surface area contributed by atoms with Gasteiger partial charge >= 0.3 is 0 Å². The third-order valence-corrected chi connectivity index (χ3v) is 3.21. The summed E-state index contributed by atoms with van der Waals surface area (Å²) < 4.78 is 0. The Morgan fingerprint density at radius 1 is 1.10 bits per heavy atom. The van der Waals surface area contributed by atoms with Crippen LogP contribution in [0.15, 0.2) is 48.5 Å². The first-order valence-electron chi connectivity index (χ1n) is 6.64. The van der Waals surface area contributed by atoms with Gasteiger partial charge in [-0.1, -0.05) is 41.9 Å². The number of phenolic OH excluding ortho intramolecular Hbond substituents is 1. The number of carbonyl (C=O) groups is 1. The molecule has 0 aliphatic rings. The molecule has 0 saturated carbocycles. The van der Waals surface area contributed by atoms with Crippen molar-refractivity contribution in [1.82, 2.24) is 10.6 Å². The molecule has 0 saturated heterocycles. The quantitative estimate of drug-likeness (QED) is 0.768. The first-order valence-corrected chi connectivity index (χ1v) is 7.01. The van der Waals surface area contributed by atoms with Crippen LogP contribution in [0.3, 0.4) is 0 Å². The Labute approximate surface area is 128 Å². The monoisotopic (exact) mass is 304 g/mol. The van der Waals surface area contributed by atoms with Gasteiger partial charge in [0.15, 0.2) is 0 Å². The van der Waals surface area contributed by atoms with Gasteiger partial charge in [0.1, 0.15) is 5.75 Å². The van der Waals surface area contributed by atoms with Crippen molar-refractivity contribution in [2.45, 2.75) is 13.1 Å². The molecule has 0 radical (unpaired) electrons. The van der Waals surface area contributed by atoms with Crippen molar-refractivity contribution in [1.29, 1.82) is 0 Å². The lowest BCUT2D eigenvalue weighted by Crippen LogP contribution is -2.33. The molecule has 0 bridgehead atoms. The second kappa shape index (κ2) is 7.67. The average Bonchev–Trinajstić information content (AvgIpc) is 2.50. The summed E-state index contributed by atoms with van der Waals surface area (Å²) in [6.07, 6.45) is 0. The van der Waals surface area contributed by atoms with E-state index in [1.165, 1.54) is 6.07 Å². The molecule has 0 unspecified atom stereocenters. The molecule has 0 fully saturated rings. The lowest BCUT2D eigenvalue weighted by atomic mass is 10.2. The summed E-state index contributed by atoms with van der Waals surface area (Å²) in [6.45, 7) is 1.06. The van der Waals surface area contributed by atoms with E-state index in [1.54, 1.807) is 12.1 Å². The second-order valence-corrected chi connectivity index (χ2v) is 5.08. The number of nitrogens with one attached hydrogen (secondary N) is 2. The van der Waals surface area contributed by atoms with E-state index in [9.17, 15) is 9.90 Å². The lowest BCUT2D eigenvalue weighted by Gasteiger charge is -2.08. The van der Waals surface area contributed by atoms with Crippen LogP contribution in [0.25, 0.3) is 0 Å². The predicted octanol–water partition coefficient (Wildman–Crippen LogP) is 2.45. The number of aromatic hydroxyl groups is 1. The van der Waals surface area contributed by atoms with Crippen LogP contribution >= 0.6 is 11.6 Å². The average molecular weight is 305 g/mol. The van der Waals surface area contributed by atoms with Crippen LogP contribution < -0.4 is 10.6 Å². The van der Waals surface area contributed by atoms with Crippen LogP contribution in [0.5, 0.6) is 5.75 Å². The van der Waals surface area contributed by atoms with Gasteiger partial charge in [-0.15, -0.1) is 0 Å². The Morgan fingerprint density at radius 2 is 1.86 bits per heavy atom. The van der Waals surface area contributed by atoms with E-state index in [4.69, 9.17) is 11.6 Å². The molecule has 2 aromatic rings. The molecule has 21 heavy (non-hydrogen) atoms. The number of rotatable bonds is 6. The van der Waals surface area contributed by atoms with E-state index in [1.807, 2.05) is 30.3 Å². The predicted molar refractivity (Wildman–Crippen MR) is 83.1 cm³/mol. The third-order valence-electron chi connectivity index (χ3n) is 2.98. The SMILES string of the molecule is O=C(CNCc1cc(Cl)ccc1O)NCc1ccccc1. The van der Waals surface area contributed by atoms with Gasteiger partial charge in [-0.2, -0.15) is 0 Å². The topological polar surface area (TPSA) is 61.4 Å². The number of hydrogen-bond donors (Lipinski definition) is 3. The minimum absolute atomic E-state index is 0.0969. The van der Waals surface area contributed by atoms with Crippen LogP contribution in [-0.4, -0.2) is 17.6 Å². The van der Waals surface area contributed by atoms with Crippen LogP contribution in [-0.2, 0) is 17.9 Å². The fraction of sp³-hybridized carbons (Fsp3) is 0.188. The van der Waals surface area contributed by atoms with E-state index < -0.39 is 0 Å². The first-order chi connectivity index (χ1) is 10.1. The molecule has 4 nitrogen and oxygen atoms in total. The Hall–Kier alpha value is -2.04. The zero-order chi connectivity index (χ0) is 15.1. The van der Waals surface area contributed by atoms with Crippen LogP contribution in [0.1, 0.15) is 11.1 Å². The van der Waals surface area contributed by atoms with Gasteiger partial charge in [-0.3, -0.25) is 4.79 Å². The summed E-state index contributed by atoms with van der Waals surface area (Å²) in [6, 6.07) is 14.5. The van der Waals surface area contributed by atoms with Gasteiger partial charge < -0.3 is 15.7 Å². The maximum absolute atomic E-state index is 11.7. The van der Waals surface area contributed by atoms with Crippen molar-refractivity contribution >= 4 is 17.5 Å². The van der Waals surface area contributed by atoms with Gasteiger partial charge in [0.05, 0.1) is 6.54 Å². The summed E-state index contributed by atoms with van der Waals surface area (Å²) in [7, 11) is 0. The molecule has 2 aromatic carbocycles. The third kappa shape index (κ3) is 5.10. The van der Waals surface area contributed by atoms with Crippen molar-refractivity contribution in [3.63, 3.8) is 0 Å². The van der Waals surface area contributed by atoms with E-state index in [-0.39, 0.29) is 18.2 Å². The van der Waals surface area contributed by atoms with Crippen LogP contribution in [0, 0.1) is 0 Å². The van der Waals surface area contributed by atoms with Crippen LogP contribution in [0.4, 0.5) is 0 Å². The van der Waals surface area contributed by atoms with Crippen molar-refractivity contribution < 1.29 is 9.90 Å². The van der Waals surface area contributed by atoms with E-state index >= 15 is 0 Å². The van der Waals surface area contributed by atoms with Crippen molar-refractivity contribution in [2.75, 3.05) is 6.54 Å². The molecule has 110 valence electrons. The van der Waals surface area contributed by atoms with E-state index in [0.29, 0.717) is 23.7 Å². The first kappa shape index (κ1) is 15.4. The summed E-state index contributed by atoms with van der Waals surface area (Å²) >= 11 is 5.86. The molecule has 0 heterocycles. The number of hydrogen-bond acceptors (Lipinski definition) is 3. The number of halogens is 1. The highest BCUT2D eigenvalue weighted by atomic mass is 35.5. The van der Waals surface area contributed by atoms with Gasteiger partial charge in [-0.05, 0) is 23.8 Å². The molecule has 5 heteroatoms. The smallest absolute Gasteiger partial charge is 0.234 e. The minimum Gasteiger partial charge on any atom is -0.508 e. The Balaban J connectivity index is 1.73. The molecule has 3 N–H and O–H groups in total. The largest absolute Gasteiger partial charge is 0.508 e. The number of phenols is 1. The highest BCUT2D eigenvalue weighted by Gasteiger charge is 2.04. The van der Waals surface area contributed by atoms with E-state index in [0.717, 1.165) is 5.56 Å². The van der Waals surface area contributed by atoms with Crippen molar-refractivity contribution in [3.8, 4) is 5.75 Å².